The molecule has 0 aliphatic heterocycles. The van der Waals surface area contributed by atoms with E-state index < -0.39 is 0 Å². The van der Waals surface area contributed by atoms with Crippen molar-refractivity contribution in [2.45, 2.75) is 45.7 Å². The maximum atomic E-state index is 4.28. The summed E-state index contributed by atoms with van der Waals surface area (Å²) in [7, 11) is 0. The fourth-order valence-corrected chi connectivity index (χ4v) is 2.85. The zero-order chi connectivity index (χ0) is 10.1. The Morgan fingerprint density at radius 1 is 1.71 bits per heavy atom. The first-order valence-corrected chi connectivity index (χ1v) is 6.26. The van der Waals surface area contributed by atoms with E-state index in [0.29, 0.717) is 6.04 Å². The molecule has 0 spiro atoms. The Labute approximate surface area is 89.8 Å². The van der Waals surface area contributed by atoms with Gasteiger partial charge in [-0.25, -0.2) is 4.98 Å². The van der Waals surface area contributed by atoms with E-state index in [1.165, 1.54) is 23.4 Å². The molecule has 1 aliphatic rings. The predicted octanol–water partition coefficient (Wildman–Crippen LogP) is 2.90. The summed E-state index contributed by atoms with van der Waals surface area (Å²) in [4.78, 5) is 5.68. The lowest BCUT2D eigenvalue weighted by atomic mass is 10.2. The van der Waals surface area contributed by atoms with E-state index in [4.69, 9.17) is 0 Å². The molecule has 3 unspecified atom stereocenters. The highest BCUT2D eigenvalue weighted by Crippen LogP contribution is 2.35. The van der Waals surface area contributed by atoms with Crippen molar-refractivity contribution in [2.24, 2.45) is 5.92 Å². The van der Waals surface area contributed by atoms with Crippen molar-refractivity contribution >= 4 is 11.3 Å². The minimum atomic E-state index is 0.476. The van der Waals surface area contributed by atoms with Crippen molar-refractivity contribution in [3.63, 3.8) is 0 Å². The van der Waals surface area contributed by atoms with E-state index >= 15 is 0 Å². The molecule has 1 heterocycles. The number of hydrogen-bond donors (Lipinski definition) is 1. The number of aryl methyl sites for hydroxylation is 1. The molecule has 2 rings (SSSR count). The molecule has 0 radical (unpaired) electrons. The molecule has 0 saturated heterocycles. The summed E-state index contributed by atoms with van der Waals surface area (Å²) in [5.41, 5.74) is 3.12. The average Bonchev–Trinajstić information content (AvgIpc) is 2.77. The van der Waals surface area contributed by atoms with Gasteiger partial charge in [0.2, 0.25) is 0 Å². The minimum absolute atomic E-state index is 0.476. The van der Waals surface area contributed by atoms with Crippen molar-refractivity contribution in [2.75, 3.05) is 0 Å². The van der Waals surface area contributed by atoms with Crippen LogP contribution < -0.4 is 5.32 Å². The third-order valence-corrected chi connectivity index (χ3v) is 4.20. The van der Waals surface area contributed by atoms with Gasteiger partial charge in [0, 0.05) is 17.0 Å². The van der Waals surface area contributed by atoms with Gasteiger partial charge in [0.25, 0.3) is 0 Å². The largest absolute Gasteiger partial charge is 0.306 e. The van der Waals surface area contributed by atoms with E-state index in [1.54, 1.807) is 11.3 Å². The second-order valence-corrected chi connectivity index (χ2v) is 5.09. The highest BCUT2D eigenvalue weighted by molar-refractivity contribution is 7.09. The van der Waals surface area contributed by atoms with Gasteiger partial charge in [-0.15, -0.1) is 11.3 Å². The highest BCUT2D eigenvalue weighted by atomic mass is 32.1. The molecular weight excluding hydrogens is 192 g/mol. The summed E-state index contributed by atoms with van der Waals surface area (Å²) in [6.45, 7) is 6.61. The van der Waals surface area contributed by atoms with Crippen molar-refractivity contribution in [3.05, 3.63) is 16.1 Å². The van der Waals surface area contributed by atoms with Crippen molar-refractivity contribution in [1.82, 2.24) is 10.3 Å². The number of thiazole rings is 1. The zero-order valence-corrected chi connectivity index (χ0v) is 9.90. The van der Waals surface area contributed by atoms with Gasteiger partial charge in [0.1, 0.15) is 0 Å². The summed E-state index contributed by atoms with van der Waals surface area (Å²) < 4.78 is 0. The number of rotatable bonds is 4. The molecule has 3 atom stereocenters. The molecule has 1 N–H and O–H groups in total. The van der Waals surface area contributed by atoms with Crippen molar-refractivity contribution < 1.29 is 0 Å². The van der Waals surface area contributed by atoms with Gasteiger partial charge in [-0.3, -0.25) is 0 Å². The Bertz CT molecular complexity index is 308. The van der Waals surface area contributed by atoms with Crippen LogP contribution in [-0.4, -0.2) is 11.0 Å². The molecular formula is C11H18N2S. The third-order valence-electron chi connectivity index (χ3n) is 3.09. The third kappa shape index (κ3) is 1.98. The number of hydrogen-bond acceptors (Lipinski definition) is 3. The number of nitrogens with zero attached hydrogens (tertiary/aromatic N) is 1. The second kappa shape index (κ2) is 3.99. The number of nitrogens with one attached hydrogen (secondary N) is 1. The summed E-state index contributed by atoms with van der Waals surface area (Å²) in [5.74, 6) is 0.922. The summed E-state index contributed by atoms with van der Waals surface area (Å²) in [5, 5.41) is 3.67. The predicted molar refractivity (Wildman–Crippen MR) is 60.6 cm³/mol. The first kappa shape index (κ1) is 10.1. The summed E-state index contributed by atoms with van der Waals surface area (Å²) in [6.07, 6.45) is 2.67. The molecule has 0 amide bonds. The lowest BCUT2D eigenvalue weighted by Gasteiger charge is -2.12. The van der Waals surface area contributed by atoms with Crippen LogP contribution in [0.15, 0.2) is 5.51 Å². The van der Waals surface area contributed by atoms with E-state index in [9.17, 15) is 0 Å². The Hall–Kier alpha value is -0.410. The molecule has 1 aliphatic carbocycles. The Morgan fingerprint density at radius 2 is 2.50 bits per heavy atom. The first-order valence-electron chi connectivity index (χ1n) is 5.38. The second-order valence-electron chi connectivity index (χ2n) is 4.20. The van der Waals surface area contributed by atoms with Crippen LogP contribution in [0.5, 0.6) is 0 Å². The summed E-state index contributed by atoms with van der Waals surface area (Å²) >= 11 is 1.76. The van der Waals surface area contributed by atoms with Crippen LogP contribution in [0.3, 0.4) is 0 Å². The van der Waals surface area contributed by atoms with E-state index in [1.807, 2.05) is 5.51 Å². The Morgan fingerprint density at radius 3 is 3.00 bits per heavy atom. The van der Waals surface area contributed by atoms with Crippen LogP contribution in [0, 0.1) is 12.8 Å². The van der Waals surface area contributed by atoms with Gasteiger partial charge in [0.05, 0.1) is 11.2 Å². The fraction of sp³-hybridized carbons (Fsp3) is 0.727. The van der Waals surface area contributed by atoms with Crippen LogP contribution in [-0.2, 0) is 0 Å². The molecule has 78 valence electrons. The quantitative estimate of drug-likeness (QED) is 0.826. The monoisotopic (exact) mass is 210 g/mol. The number of aromatic nitrogens is 1. The normalized spacial score (nSPS) is 27.6. The van der Waals surface area contributed by atoms with Gasteiger partial charge in [0.15, 0.2) is 0 Å². The molecule has 0 aromatic carbocycles. The lowest BCUT2D eigenvalue weighted by molar-refractivity contribution is 0.543. The van der Waals surface area contributed by atoms with E-state index in [-0.39, 0.29) is 0 Å². The van der Waals surface area contributed by atoms with Gasteiger partial charge >= 0.3 is 0 Å². The maximum Gasteiger partial charge on any atom is 0.0798 e. The van der Waals surface area contributed by atoms with Gasteiger partial charge in [-0.1, -0.05) is 13.3 Å². The van der Waals surface area contributed by atoms with Crippen LogP contribution in [0.4, 0.5) is 0 Å². The Balaban J connectivity index is 1.91. The van der Waals surface area contributed by atoms with E-state index in [0.717, 1.165) is 12.0 Å². The SMILES string of the molecule is CCC1CC1NC(C)c1scnc1C. The molecule has 0 bridgehead atoms. The van der Waals surface area contributed by atoms with E-state index in [2.05, 4.69) is 31.1 Å². The van der Waals surface area contributed by atoms with Crippen LogP contribution in [0.2, 0.25) is 0 Å². The topological polar surface area (TPSA) is 24.9 Å². The lowest BCUT2D eigenvalue weighted by Crippen LogP contribution is -2.22. The molecule has 1 fully saturated rings. The highest BCUT2D eigenvalue weighted by Gasteiger charge is 2.36. The zero-order valence-electron chi connectivity index (χ0n) is 9.08. The standard InChI is InChI=1S/C11H18N2S/c1-4-9-5-10(9)13-8(3)11-7(2)12-6-14-11/h6,8-10,13H,4-5H2,1-3H3. The first-order chi connectivity index (χ1) is 6.72. The average molecular weight is 210 g/mol. The Kier molecular flexibility index (Phi) is 2.88. The molecule has 1 aromatic heterocycles. The van der Waals surface area contributed by atoms with Crippen LogP contribution >= 0.6 is 11.3 Å². The van der Waals surface area contributed by atoms with Crippen LogP contribution in [0.1, 0.15) is 43.3 Å². The smallest absolute Gasteiger partial charge is 0.0798 e. The minimum Gasteiger partial charge on any atom is -0.306 e. The molecule has 3 heteroatoms. The molecule has 1 aromatic rings. The van der Waals surface area contributed by atoms with Crippen molar-refractivity contribution in [1.29, 1.82) is 0 Å². The summed E-state index contributed by atoms with van der Waals surface area (Å²) in [6, 6.07) is 1.24. The van der Waals surface area contributed by atoms with Gasteiger partial charge in [-0.2, -0.15) is 0 Å². The van der Waals surface area contributed by atoms with Crippen molar-refractivity contribution in [3.8, 4) is 0 Å². The molecule has 1 saturated carbocycles. The molecule has 2 nitrogen and oxygen atoms in total. The van der Waals surface area contributed by atoms with Crippen LogP contribution in [0.25, 0.3) is 0 Å². The maximum absolute atomic E-state index is 4.28. The molecule has 14 heavy (non-hydrogen) atoms. The fourth-order valence-electron chi connectivity index (χ4n) is 2.03. The van der Waals surface area contributed by atoms with Gasteiger partial charge < -0.3 is 5.32 Å². The van der Waals surface area contributed by atoms with Gasteiger partial charge in [-0.05, 0) is 26.2 Å².